The Morgan fingerprint density at radius 3 is 2.96 bits per heavy atom. The fourth-order valence-electron chi connectivity index (χ4n) is 3.22. The van der Waals surface area contributed by atoms with Crippen molar-refractivity contribution in [3.05, 3.63) is 77.1 Å². The van der Waals surface area contributed by atoms with Crippen LogP contribution in [0.2, 0.25) is 0 Å². The van der Waals surface area contributed by atoms with Crippen LogP contribution in [0.25, 0.3) is 0 Å². The van der Waals surface area contributed by atoms with Crippen LogP contribution in [-0.4, -0.2) is 28.1 Å². The molecule has 6 nitrogen and oxygen atoms in total. The number of aromatic nitrogens is 3. The summed E-state index contributed by atoms with van der Waals surface area (Å²) in [5.41, 5.74) is 4.80. The van der Waals surface area contributed by atoms with E-state index in [1.807, 2.05) is 24.4 Å². The molecule has 4 rings (SSSR count). The normalized spacial score (nSPS) is 16.6. The fraction of sp³-hybridized carbons (Fsp3) is 0.250. The second-order valence-corrected chi connectivity index (χ2v) is 6.41. The number of anilines is 1. The van der Waals surface area contributed by atoms with Gasteiger partial charge in [-0.1, -0.05) is 29.5 Å². The highest BCUT2D eigenvalue weighted by atomic mass is 16.5. The van der Waals surface area contributed by atoms with Crippen molar-refractivity contribution in [2.75, 3.05) is 18.1 Å². The molecule has 130 valence electrons. The molecule has 0 amide bonds. The summed E-state index contributed by atoms with van der Waals surface area (Å²) < 4.78 is 7.69. The molecule has 1 saturated heterocycles. The largest absolute Gasteiger partial charge is 0.350 e. The molecule has 0 unspecified atom stereocenters. The number of hydrogen-bond donors (Lipinski definition) is 0. The van der Waals surface area contributed by atoms with E-state index in [1.165, 1.54) is 5.56 Å². The lowest BCUT2D eigenvalue weighted by Gasteiger charge is -2.23. The van der Waals surface area contributed by atoms with Crippen LogP contribution in [0, 0.1) is 18.3 Å². The SMILES string of the molecule is Cc1cccc(N2CCO[C@H]2c2cn(Cc3cccc(C#N)c3)nn2)c1. The van der Waals surface area contributed by atoms with E-state index in [1.54, 1.807) is 10.7 Å². The lowest BCUT2D eigenvalue weighted by Crippen LogP contribution is -2.23. The molecule has 1 aromatic heterocycles. The second-order valence-electron chi connectivity index (χ2n) is 6.41. The quantitative estimate of drug-likeness (QED) is 0.727. The number of aryl methyl sites for hydroxylation is 1. The summed E-state index contributed by atoms with van der Waals surface area (Å²) in [5.74, 6) is 0. The monoisotopic (exact) mass is 345 g/mol. The smallest absolute Gasteiger partial charge is 0.177 e. The van der Waals surface area contributed by atoms with Crippen LogP contribution in [0.4, 0.5) is 5.69 Å². The van der Waals surface area contributed by atoms with Crippen LogP contribution in [0.3, 0.4) is 0 Å². The Bertz CT molecular complexity index is 959. The van der Waals surface area contributed by atoms with Gasteiger partial charge in [0.25, 0.3) is 0 Å². The number of nitriles is 1. The Morgan fingerprint density at radius 1 is 1.23 bits per heavy atom. The topological polar surface area (TPSA) is 67.0 Å². The van der Waals surface area contributed by atoms with Gasteiger partial charge in [-0.15, -0.1) is 5.10 Å². The minimum Gasteiger partial charge on any atom is -0.350 e. The van der Waals surface area contributed by atoms with Gasteiger partial charge in [-0.2, -0.15) is 5.26 Å². The van der Waals surface area contributed by atoms with E-state index in [4.69, 9.17) is 10.00 Å². The van der Waals surface area contributed by atoms with Crippen molar-refractivity contribution in [3.8, 4) is 6.07 Å². The molecule has 0 aliphatic carbocycles. The maximum Gasteiger partial charge on any atom is 0.177 e. The number of hydrogen-bond acceptors (Lipinski definition) is 5. The third-order valence-corrected chi connectivity index (χ3v) is 4.43. The maximum absolute atomic E-state index is 9.03. The molecule has 6 heteroatoms. The van der Waals surface area contributed by atoms with Gasteiger partial charge >= 0.3 is 0 Å². The summed E-state index contributed by atoms with van der Waals surface area (Å²) >= 11 is 0. The number of rotatable bonds is 4. The highest BCUT2D eigenvalue weighted by Gasteiger charge is 2.29. The molecule has 1 fully saturated rings. The zero-order valence-electron chi connectivity index (χ0n) is 14.5. The lowest BCUT2D eigenvalue weighted by atomic mass is 10.1. The second kappa shape index (κ2) is 6.98. The molecule has 3 aromatic rings. The van der Waals surface area contributed by atoms with Gasteiger partial charge in [-0.05, 0) is 42.3 Å². The van der Waals surface area contributed by atoms with Crippen molar-refractivity contribution in [1.82, 2.24) is 15.0 Å². The van der Waals surface area contributed by atoms with E-state index in [-0.39, 0.29) is 6.23 Å². The summed E-state index contributed by atoms with van der Waals surface area (Å²) in [4.78, 5) is 2.21. The molecular weight excluding hydrogens is 326 g/mol. The van der Waals surface area contributed by atoms with E-state index in [2.05, 4.69) is 52.5 Å². The van der Waals surface area contributed by atoms with Crippen molar-refractivity contribution >= 4 is 5.69 Å². The highest BCUT2D eigenvalue weighted by Crippen LogP contribution is 2.31. The predicted octanol–water partition coefficient (Wildman–Crippen LogP) is 3.04. The average molecular weight is 345 g/mol. The summed E-state index contributed by atoms with van der Waals surface area (Å²) in [6.07, 6.45) is 1.69. The Balaban J connectivity index is 1.54. The molecule has 0 saturated carbocycles. The average Bonchev–Trinajstić information content (AvgIpc) is 3.31. The molecule has 26 heavy (non-hydrogen) atoms. The first kappa shape index (κ1) is 16.3. The minimum atomic E-state index is -0.226. The summed E-state index contributed by atoms with van der Waals surface area (Å²) in [7, 11) is 0. The Kier molecular flexibility index (Phi) is 4.38. The molecular formula is C20H19N5O. The van der Waals surface area contributed by atoms with E-state index < -0.39 is 0 Å². The molecule has 2 heterocycles. The minimum absolute atomic E-state index is 0.226. The van der Waals surface area contributed by atoms with Crippen LogP contribution in [-0.2, 0) is 11.3 Å². The van der Waals surface area contributed by atoms with Crippen LogP contribution < -0.4 is 4.90 Å². The van der Waals surface area contributed by atoms with Gasteiger partial charge < -0.3 is 9.64 Å². The number of ether oxygens (including phenoxy) is 1. The molecule has 1 aliphatic heterocycles. The van der Waals surface area contributed by atoms with Crippen molar-refractivity contribution < 1.29 is 4.74 Å². The molecule has 0 N–H and O–H groups in total. The molecule has 1 aliphatic rings. The first-order chi connectivity index (χ1) is 12.7. The molecule has 0 bridgehead atoms. The van der Waals surface area contributed by atoms with Crippen LogP contribution in [0.5, 0.6) is 0 Å². The number of benzene rings is 2. The van der Waals surface area contributed by atoms with Gasteiger partial charge in [-0.25, -0.2) is 4.68 Å². The molecule has 0 radical (unpaired) electrons. The summed E-state index contributed by atoms with van der Waals surface area (Å²) in [5, 5.41) is 17.6. The third kappa shape index (κ3) is 3.30. The van der Waals surface area contributed by atoms with Crippen LogP contribution in [0.15, 0.2) is 54.7 Å². The van der Waals surface area contributed by atoms with Crippen molar-refractivity contribution in [3.63, 3.8) is 0 Å². The zero-order valence-corrected chi connectivity index (χ0v) is 14.5. The third-order valence-electron chi connectivity index (χ3n) is 4.43. The van der Waals surface area contributed by atoms with Crippen LogP contribution >= 0.6 is 0 Å². The Hall–Kier alpha value is -3.17. The zero-order chi connectivity index (χ0) is 17.9. The van der Waals surface area contributed by atoms with Gasteiger partial charge in [0.1, 0.15) is 5.69 Å². The number of nitrogens with zero attached hydrogens (tertiary/aromatic N) is 5. The molecule has 1 atom stereocenters. The predicted molar refractivity (Wildman–Crippen MR) is 97.5 cm³/mol. The van der Waals surface area contributed by atoms with E-state index in [0.717, 1.165) is 23.5 Å². The standard InChI is InChI=1S/C20H19N5O/c1-15-4-2-7-18(10-15)25-8-9-26-20(25)19-14-24(23-22-19)13-17-6-3-5-16(11-17)12-21/h2-7,10-11,14,20H,8-9,13H2,1H3/t20-/m0/s1. The van der Waals surface area contributed by atoms with Gasteiger partial charge in [0.05, 0.1) is 31.0 Å². The van der Waals surface area contributed by atoms with E-state index in [9.17, 15) is 0 Å². The maximum atomic E-state index is 9.03. The lowest BCUT2D eigenvalue weighted by molar-refractivity contribution is 0.110. The van der Waals surface area contributed by atoms with Crippen molar-refractivity contribution in [2.45, 2.75) is 19.7 Å². The first-order valence-electron chi connectivity index (χ1n) is 8.57. The van der Waals surface area contributed by atoms with Crippen molar-refractivity contribution in [1.29, 1.82) is 5.26 Å². The van der Waals surface area contributed by atoms with E-state index in [0.29, 0.717) is 18.7 Å². The Labute approximate surface area is 152 Å². The molecule has 2 aromatic carbocycles. The van der Waals surface area contributed by atoms with Gasteiger partial charge in [0, 0.05) is 12.2 Å². The molecule has 0 spiro atoms. The Morgan fingerprint density at radius 2 is 2.12 bits per heavy atom. The highest BCUT2D eigenvalue weighted by molar-refractivity contribution is 5.50. The van der Waals surface area contributed by atoms with Crippen molar-refractivity contribution in [2.24, 2.45) is 0 Å². The first-order valence-corrected chi connectivity index (χ1v) is 8.57. The fourth-order valence-corrected chi connectivity index (χ4v) is 3.22. The van der Waals surface area contributed by atoms with Gasteiger partial charge in [0.2, 0.25) is 0 Å². The summed E-state index contributed by atoms with van der Waals surface area (Å²) in [6.45, 7) is 4.14. The van der Waals surface area contributed by atoms with Crippen LogP contribution in [0.1, 0.15) is 28.6 Å². The van der Waals surface area contributed by atoms with Gasteiger partial charge in [0.15, 0.2) is 6.23 Å². The van der Waals surface area contributed by atoms with E-state index >= 15 is 0 Å². The summed E-state index contributed by atoms with van der Waals surface area (Å²) in [6, 6.07) is 18.1. The van der Waals surface area contributed by atoms with Gasteiger partial charge in [-0.3, -0.25) is 0 Å².